The van der Waals surface area contributed by atoms with E-state index in [1.54, 1.807) is 43.5 Å². The quantitative estimate of drug-likeness (QED) is 0.0355. The summed E-state index contributed by atoms with van der Waals surface area (Å²) < 4.78 is 51.6. The van der Waals surface area contributed by atoms with Crippen molar-refractivity contribution in [2.24, 2.45) is 56.7 Å². The fraction of sp³-hybridized carbons (Fsp3) is 0.500. The van der Waals surface area contributed by atoms with Crippen LogP contribution < -0.4 is 14.7 Å². The lowest BCUT2D eigenvalue weighted by molar-refractivity contribution is -0.145. The molecule has 4 aliphatic carbocycles. The van der Waals surface area contributed by atoms with Gasteiger partial charge >= 0.3 is 30.1 Å². The first-order chi connectivity index (χ1) is 65.3. The molecule has 8 aliphatic rings. The van der Waals surface area contributed by atoms with E-state index in [0.717, 1.165) is 146 Å². The average molecular weight is 2000 g/mol. The Morgan fingerprint density at radius 2 is 0.886 bits per heavy atom. The summed E-state index contributed by atoms with van der Waals surface area (Å²) in [6.07, 6.45) is 16.5. The third kappa shape index (κ3) is 23.6. The van der Waals surface area contributed by atoms with Crippen molar-refractivity contribution < 1.29 is 81.4 Å². The van der Waals surface area contributed by atoms with E-state index in [9.17, 15) is 66.8 Å². The first-order valence-corrected chi connectivity index (χ1v) is 50.3. The Kier molecular flexibility index (Phi) is 32.8. The number of aryl methyl sites for hydroxylation is 3. The highest BCUT2D eigenvalue weighted by Crippen LogP contribution is 2.89. The molecule has 6 aromatic carbocycles. The zero-order valence-electron chi connectivity index (χ0n) is 84.7. The maximum absolute atomic E-state index is 13.6. The maximum Gasteiger partial charge on any atom is 0.417 e. The molecule has 5 heterocycles. The van der Waals surface area contributed by atoms with Gasteiger partial charge in [0.15, 0.2) is 0 Å². The molecular weight excluding hydrogens is 1860 g/mol. The van der Waals surface area contributed by atoms with Crippen LogP contribution in [-0.4, -0.2) is 111 Å². The lowest BCUT2D eigenvalue weighted by Crippen LogP contribution is -2.46. The molecule has 4 fully saturated rings. The van der Waals surface area contributed by atoms with Crippen molar-refractivity contribution in [1.82, 2.24) is 9.88 Å². The number of carboxylic acids is 4. The van der Waals surface area contributed by atoms with Gasteiger partial charge in [-0.15, -0.1) is 0 Å². The second-order valence-electron chi connectivity index (χ2n) is 45.3. The Morgan fingerprint density at radius 3 is 1.29 bits per heavy atom. The third-order valence-corrected chi connectivity index (χ3v) is 32.2. The van der Waals surface area contributed by atoms with E-state index in [4.69, 9.17) is 61.0 Å². The highest BCUT2D eigenvalue weighted by atomic mass is 35.5. The zero-order valence-corrected chi connectivity index (χ0v) is 87.8. The van der Waals surface area contributed by atoms with Gasteiger partial charge in [-0.05, 0) is 286 Å². The van der Waals surface area contributed by atoms with E-state index in [-0.39, 0.29) is 93.3 Å². The summed E-state index contributed by atoms with van der Waals surface area (Å²) in [7, 11) is 3.36. The largest absolute Gasteiger partial charge is 0.481 e. The summed E-state index contributed by atoms with van der Waals surface area (Å²) in [6.45, 7) is 42.0. The normalized spacial score (nSPS) is 24.4. The number of nitrogens with zero attached hydrogens (tertiary/aromatic N) is 5. The molecule has 8 atom stereocenters. The number of anilines is 3. The lowest BCUT2D eigenvalue weighted by Gasteiger charge is -2.42. The molecule has 0 bridgehead atoms. The Balaban J connectivity index is 0.000000167. The van der Waals surface area contributed by atoms with Gasteiger partial charge in [-0.3, -0.25) is 38.7 Å². The van der Waals surface area contributed by atoms with Gasteiger partial charge in [0.1, 0.15) is 5.82 Å². The number of aliphatic carboxylic acids is 1. The van der Waals surface area contributed by atoms with Gasteiger partial charge in [0, 0.05) is 143 Å². The number of benzene rings is 6. The van der Waals surface area contributed by atoms with Gasteiger partial charge in [-0.2, -0.15) is 13.2 Å². The van der Waals surface area contributed by atoms with Crippen molar-refractivity contribution in [1.29, 1.82) is 0 Å². The Labute approximate surface area is 843 Å². The van der Waals surface area contributed by atoms with E-state index >= 15 is 0 Å². The fourth-order valence-electron chi connectivity index (χ4n) is 21.7. The van der Waals surface area contributed by atoms with Crippen molar-refractivity contribution in [2.45, 2.75) is 281 Å². The number of amides is 4. The summed E-state index contributed by atoms with van der Waals surface area (Å²) in [6, 6.07) is 36.9. The number of pyridine rings is 1. The van der Waals surface area contributed by atoms with E-state index in [2.05, 4.69) is 152 Å². The zero-order chi connectivity index (χ0) is 103. The minimum Gasteiger partial charge on any atom is -0.481 e. The summed E-state index contributed by atoms with van der Waals surface area (Å²) in [5.74, 6) is -1.98. The standard InChI is InChI=1S/C29H33ClF3NO3.C29H38ClNO4.C29H34ClNO4.C27H33ClN2O3/c1-17(2)23-16-34(20-9-10-21(26(36)37)22(14-20)29(31,32)33)25(35)15-28(23,6)19-8-7-18(24(30)13-19)11-12-27(3,4)5;1-26(2,3)10-8-18-6-7-19(12-22(18)30)27(4)15-24(32)31(16-20(27)9-11-35-5)23-14-29(25(33)34)17-28(29)13-21(23)28;1-18(2)20-13-21(14-20)25-10-7-22(15-26(25)30)29(3)16-27(32)31(17-23(29)11-12-35-4)24-8-5-19(6-9-24)28(33)34;1-17(2)21-16-30(23-10-8-19(15-29-23)25(32)33)24(31)14-27(21,6)20-9-7-18(22(28)13-20)11-12-26(3,4)5/h7-10,13-14,16-17H,11-12,15H2,1-6H3,(H,36,37);6-7,12,16,21,23H,8-11,13-15,17H2,1-5H3,(H,33,34);5-10,15,17-18,20-21H,11-14,16H2,1-4H3,(H,33,34);7-10,13,15-17H,11-12,14H2,1-6H3,(H,32,33)/t28-;21?,23?,27-,28?,29?;20?,21?,29-;27-/m0000/s1. The van der Waals surface area contributed by atoms with Crippen LogP contribution in [0.2, 0.25) is 20.1 Å². The molecule has 752 valence electrons. The van der Waals surface area contributed by atoms with Crippen LogP contribution >= 0.6 is 46.4 Å². The van der Waals surface area contributed by atoms with Gasteiger partial charge in [0.05, 0.1) is 27.7 Å². The van der Waals surface area contributed by atoms with E-state index < -0.39 is 74.2 Å². The molecule has 0 radical (unpaired) electrons. The molecule has 1 aromatic heterocycles. The molecule has 19 nitrogen and oxygen atoms in total. The number of carbonyl (C=O) groups excluding carboxylic acids is 4. The molecule has 4 N–H and O–H groups in total. The van der Waals surface area contributed by atoms with E-state index in [1.165, 1.54) is 58.7 Å². The SMILES string of the molecule is CC(C)C1=CN(c2ccc(C(=O)O)c(C(F)(F)F)c2)C(=O)C[C@@]1(C)c1ccc(CCC(C)(C)C)c(Cl)c1.CC(C)C1=CN(c2ccc(C(=O)O)cn2)C(=O)C[C@@]1(C)c1ccc(CCC(C)(C)C)c(Cl)c1.COCCC1=CN(C2CC3(C(=O)O)CC34CC24)C(=O)C[C@@]1(C)c1ccc(CCC(C)(C)C)c(Cl)c1.COCCC1=CN(c2ccc(C(=O)O)cc2)C(=O)C[C@@]1(C)c1ccc(C2CC(C(C)C)C2)c(Cl)c1. The molecule has 26 heteroatoms. The molecule has 15 rings (SSSR count). The number of halogens is 7. The van der Waals surface area contributed by atoms with Crippen LogP contribution in [0.1, 0.15) is 309 Å². The number of methoxy groups -OCH3 is 2. The first kappa shape index (κ1) is 109. The monoisotopic (exact) mass is 2000 g/mol. The molecule has 140 heavy (non-hydrogen) atoms. The lowest BCUT2D eigenvalue weighted by atomic mass is 9.66. The van der Waals surface area contributed by atoms with Crippen LogP contribution in [0.5, 0.6) is 0 Å². The number of ether oxygens (including phenoxy) is 2. The Morgan fingerprint density at radius 1 is 0.471 bits per heavy atom. The fourth-order valence-corrected chi connectivity index (χ4v) is 22.8. The highest BCUT2D eigenvalue weighted by molar-refractivity contribution is 6.32. The summed E-state index contributed by atoms with van der Waals surface area (Å²) >= 11 is 26.9. The molecule has 4 saturated carbocycles. The topological polar surface area (TPSA) is 262 Å². The molecule has 4 aliphatic heterocycles. The molecule has 7 aromatic rings. The van der Waals surface area contributed by atoms with Crippen molar-refractivity contribution in [3.05, 3.63) is 268 Å². The van der Waals surface area contributed by atoms with Crippen LogP contribution in [0, 0.1) is 56.7 Å². The molecular formula is C114H138Cl4F3N5O14. The molecule has 0 saturated heterocycles. The molecule has 4 unspecified atom stereocenters. The van der Waals surface area contributed by atoms with Crippen LogP contribution in [0.3, 0.4) is 0 Å². The van der Waals surface area contributed by atoms with Crippen LogP contribution in [-0.2, 0) is 80.5 Å². The summed E-state index contributed by atoms with van der Waals surface area (Å²) in [5, 5.41) is 40.3. The van der Waals surface area contributed by atoms with Gasteiger partial charge in [-0.1, -0.05) is 226 Å². The first-order valence-electron chi connectivity index (χ1n) is 48.8. The van der Waals surface area contributed by atoms with Crippen LogP contribution in [0.25, 0.3) is 0 Å². The number of allylic oxidation sites excluding steroid dienone is 2. The Hall–Kier alpha value is -9.94. The Bertz CT molecular complexity index is 6020. The van der Waals surface area contributed by atoms with Crippen LogP contribution in [0.15, 0.2) is 181 Å². The number of hydrogen-bond donors (Lipinski definition) is 4. The summed E-state index contributed by atoms with van der Waals surface area (Å²) in [5.41, 5.74) is 9.23. The van der Waals surface area contributed by atoms with Crippen molar-refractivity contribution in [3.8, 4) is 0 Å². The molecule has 4 amide bonds. The van der Waals surface area contributed by atoms with Gasteiger partial charge in [0.2, 0.25) is 23.6 Å². The van der Waals surface area contributed by atoms with Crippen molar-refractivity contribution in [2.75, 3.05) is 42.1 Å². The second-order valence-corrected chi connectivity index (χ2v) is 46.9. The number of carboxylic acid groups (broad SMARTS) is 4. The second kappa shape index (κ2) is 42.2. The number of alkyl halides is 3. The number of carbonyl (C=O) groups is 8. The summed E-state index contributed by atoms with van der Waals surface area (Å²) in [4.78, 5) is 110. The van der Waals surface area contributed by atoms with E-state index in [0.29, 0.717) is 73.2 Å². The van der Waals surface area contributed by atoms with Crippen molar-refractivity contribution >= 4 is 111 Å². The maximum atomic E-state index is 13.6. The minimum absolute atomic E-state index is 0.00203. The minimum atomic E-state index is -4.88. The number of rotatable bonds is 28. The van der Waals surface area contributed by atoms with E-state index in [1.807, 2.05) is 80.7 Å². The number of hydrogen-bond acceptors (Lipinski definition) is 11. The number of aromatic nitrogens is 1. The number of aromatic carboxylic acids is 3. The smallest absolute Gasteiger partial charge is 0.417 e. The molecule has 1 spiro atoms. The third-order valence-electron chi connectivity index (χ3n) is 30.8. The average Bonchev–Trinajstić information content (AvgIpc) is 1.44. The van der Waals surface area contributed by atoms with Crippen LogP contribution in [0.4, 0.5) is 30.4 Å². The van der Waals surface area contributed by atoms with Gasteiger partial charge in [0.25, 0.3) is 0 Å². The predicted molar refractivity (Wildman–Crippen MR) is 548 cm³/mol. The van der Waals surface area contributed by atoms with Crippen molar-refractivity contribution in [3.63, 3.8) is 0 Å². The predicted octanol–water partition coefficient (Wildman–Crippen LogP) is 27.7. The van der Waals surface area contributed by atoms with Gasteiger partial charge < -0.3 is 34.8 Å². The highest BCUT2D eigenvalue weighted by Gasteiger charge is 2.89. The van der Waals surface area contributed by atoms with Gasteiger partial charge in [-0.25, -0.2) is 19.4 Å².